The van der Waals surface area contributed by atoms with Crippen LogP contribution in [-0.2, 0) is 0 Å². The number of amides is 2. The molecule has 2 fully saturated rings. The molecule has 74 valence electrons. The van der Waals surface area contributed by atoms with E-state index in [4.69, 9.17) is 0 Å². The van der Waals surface area contributed by atoms with Crippen LogP contribution < -0.4 is 10.6 Å². The van der Waals surface area contributed by atoms with Crippen molar-refractivity contribution in [3.8, 4) is 0 Å². The zero-order valence-electron chi connectivity index (χ0n) is 8.26. The van der Waals surface area contributed by atoms with Gasteiger partial charge in [0.2, 0.25) is 0 Å². The fourth-order valence-electron chi connectivity index (χ4n) is 2.50. The van der Waals surface area contributed by atoms with E-state index in [1.165, 1.54) is 0 Å². The lowest BCUT2D eigenvalue weighted by atomic mass is 9.97. The number of carbonyl (C=O) groups excluding carboxylic acids is 1. The second-order valence-corrected chi connectivity index (χ2v) is 4.27. The van der Waals surface area contributed by atoms with Crippen LogP contribution in [0.15, 0.2) is 0 Å². The molecule has 0 aliphatic carbocycles. The fraction of sp³-hybridized carbons (Fsp3) is 0.889. The molecule has 1 spiro atoms. The summed E-state index contributed by atoms with van der Waals surface area (Å²) in [7, 11) is 0. The minimum absolute atomic E-state index is 0.0608. The molecule has 0 radical (unpaired) electrons. The maximum atomic E-state index is 11.6. The van der Waals surface area contributed by atoms with Crippen molar-refractivity contribution in [2.24, 2.45) is 0 Å². The van der Waals surface area contributed by atoms with E-state index in [0.29, 0.717) is 6.04 Å². The first-order valence-corrected chi connectivity index (χ1v) is 4.94. The average molecular weight is 183 g/mol. The molecular formula is C9H17N3O. The first-order valence-electron chi connectivity index (χ1n) is 4.94. The maximum absolute atomic E-state index is 11.6. The molecule has 4 nitrogen and oxygen atoms in total. The third-order valence-corrected chi connectivity index (χ3v) is 3.04. The Balaban J connectivity index is 2.23. The van der Waals surface area contributed by atoms with Gasteiger partial charge in [-0.05, 0) is 26.8 Å². The van der Waals surface area contributed by atoms with Gasteiger partial charge in [-0.25, -0.2) is 4.79 Å². The largest absolute Gasteiger partial charge is 0.336 e. The number of hydrogen-bond donors (Lipinski definition) is 2. The first kappa shape index (κ1) is 8.81. The number of carbonyl (C=O) groups is 1. The highest BCUT2D eigenvalue weighted by Crippen LogP contribution is 2.28. The van der Waals surface area contributed by atoms with Gasteiger partial charge in [0.25, 0.3) is 0 Å². The maximum Gasteiger partial charge on any atom is 0.318 e. The Morgan fingerprint density at radius 2 is 2.23 bits per heavy atom. The van der Waals surface area contributed by atoms with Crippen molar-refractivity contribution >= 4 is 6.03 Å². The van der Waals surface area contributed by atoms with Crippen LogP contribution in [0.5, 0.6) is 0 Å². The van der Waals surface area contributed by atoms with E-state index in [-0.39, 0.29) is 11.6 Å². The Hall–Kier alpha value is -0.770. The van der Waals surface area contributed by atoms with Crippen LogP contribution in [0.3, 0.4) is 0 Å². The lowest BCUT2D eigenvalue weighted by molar-refractivity contribution is 0.141. The molecule has 0 bridgehead atoms. The minimum Gasteiger partial charge on any atom is -0.336 e. The summed E-state index contributed by atoms with van der Waals surface area (Å²) < 4.78 is 0. The van der Waals surface area contributed by atoms with E-state index >= 15 is 0 Å². The number of rotatable bonds is 1. The fourth-order valence-corrected chi connectivity index (χ4v) is 2.50. The molecule has 2 aliphatic heterocycles. The van der Waals surface area contributed by atoms with Crippen LogP contribution in [0.2, 0.25) is 0 Å². The molecule has 2 rings (SSSR count). The number of hydrogen-bond acceptors (Lipinski definition) is 2. The zero-order valence-corrected chi connectivity index (χ0v) is 8.26. The summed E-state index contributed by atoms with van der Waals surface area (Å²) in [6.07, 6.45) is 1.07. The van der Waals surface area contributed by atoms with Crippen molar-refractivity contribution < 1.29 is 4.79 Å². The minimum atomic E-state index is 0.0608. The van der Waals surface area contributed by atoms with Gasteiger partial charge in [0, 0.05) is 19.1 Å². The number of nitrogens with one attached hydrogen (secondary N) is 2. The molecule has 1 unspecified atom stereocenters. The van der Waals surface area contributed by atoms with Crippen molar-refractivity contribution in [2.45, 2.75) is 31.8 Å². The van der Waals surface area contributed by atoms with Crippen LogP contribution in [0.4, 0.5) is 4.79 Å². The molecule has 2 amide bonds. The van der Waals surface area contributed by atoms with Gasteiger partial charge in [-0.15, -0.1) is 0 Å². The van der Waals surface area contributed by atoms with E-state index in [1.807, 2.05) is 4.90 Å². The molecule has 4 heteroatoms. The standard InChI is InChI=1S/C9H17N3O/c1-7(2)12-8(13)11-6-9(12)3-4-10-5-9/h7,10H,3-6H2,1-2H3,(H,11,13). The van der Waals surface area contributed by atoms with E-state index < -0.39 is 0 Å². The summed E-state index contributed by atoms with van der Waals surface area (Å²) in [5, 5.41) is 6.26. The predicted molar refractivity (Wildman–Crippen MR) is 50.6 cm³/mol. The normalized spacial score (nSPS) is 33.5. The van der Waals surface area contributed by atoms with Gasteiger partial charge < -0.3 is 15.5 Å². The Bertz CT molecular complexity index is 221. The van der Waals surface area contributed by atoms with Crippen LogP contribution in [0.1, 0.15) is 20.3 Å². The van der Waals surface area contributed by atoms with Crippen LogP contribution in [0.25, 0.3) is 0 Å². The second-order valence-electron chi connectivity index (χ2n) is 4.27. The zero-order chi connectivity index (χ0) is 9.47. The molecular weight excluding hydrogens is 166 g/mol. The summed E-state index contributed by atoms with van der Waals surface area (Å²) >= 11 is 0. The van der Waals surface area contributed by atoms with E-state index in [9.17, 15) is 4.79 Å². The molecule has 0 aromatic carbocycles. The van der Waals surface area contributed by atoms with Gasteiger partial charge >= 0.3 is 6.03 Å². The van der Waals surface area contributed by atoms with Gasteiger partial charge in [0.1, 0.15) is 0 Å². The van der Waals surface area contributed by atoms with Crippen LogP contribution in [0, 0.1) is 0 Å². The Morgan fingerprint density at radius 3 is 2.77 bits per heavy atom. The van der Waals surface area contributed by atoms with E-state index in [2.05, 4.69) is 24.5 Å². The Labute approximate surface area is 78.7 Å². The summed E-state index contributed by atoms with van der Waals surface area (Å²) in [6.45, 7) is 6.91. The first-order chi connectivity index (χ1) is 6.16. The summed E-state index contributed by atoms with van der Waals surface area (Å²) in [5.41, 5.74) is 0.0608. The van der Waals surface area contributed by atoms with Crippen molar-refractivity contribution in [2.75, 3.05) is 19.6 Å². The predicted octanol–water partition coefficient (Wildman–Crippen LogP) is 0.152. The van der Waals surface area contributed by atoms with E-state index in [1.54, 1.807) is 0 Å². The molecule has 2 aliphatic rings. The topological polar surface area (TPSA) is 44.4 Å². The quantitative estimate of drug-likeness (QED) is 0.608. The highest BCUT2D eigenvalue weighted by atomic mass is 16.2. The van der Waals surface area contributed by atoms with Crippen molar-refractivity contribution in [1.29, 1.82) is 0 Å². The SMILES string of the molecule is CC(C)N1C(=O)NCC12CCNC2. The van der Waals surface area contributed by atoms with Crippen molar-refractivity contribution in [3.63, 3.8) is 0 Å². The Morgan fingerprint density at radius 1 is 1.46 bits per heavy atom. The smallest absolute Gasteiger partial charge is 0.318 e. The second kappa shape index (κ2) is 2.87. The summed E-state index contributed by atoms with van der Waals surface area (Å²) in [6, 6.07) is 0.390. The van der Waals surface area contributed by atoms with E-state index in [0.717, 1.165) is 26.1 Å². The third-order valence-electron chi connectivity index (χ3n) is 3.04. The lowest BCUT2D eigenvalue weighted by Gasteiger charge is -2.35. The van der Waals surface area contributed by atoms with Gasteiger partial charge in [0.05, 0.1) is 5.54 Å². The molecule has 0 aromatic heterocycles. The number of nitrogens with zero attached hydrogens (tertiary/aromatic N) is 1. The van der Waals surface area contributed by atoms with Gasteiger partial charge in [-0.1, -0.05) is 0 Å². The summed E-state index contributed by atoms with van der Waals surface area (Å²) in [5.74, 6) is 0. The highest BCUT2D eigenvalue weighted by molar-refractivity contribution is 5.78. The number of urea groups is 1. The monoisotopic (exact) mass is 183 g/mol. The molecule has 0 aromatic rings. The van der Waals surface area contributed by atoms with Gasteiger partial charge in [-0.2, -0.15) is 0 Å². The third kappa shape index (κ3) is 1.20. The highest BCUT2D eigenvalue weighted by Gasteiger charge is 2.48. The average Bonchev–Trinajstić information content (AvgIpc) is 2.61. The Kier molecular flexibility index (Phi) is 1.95. The summed E-state index contributed by atoms with van der Waals surface area (Å²) in [4.78, 5) is 13.6. The lowest BCUT2D eigenvalue weighted by Crippen LogP contribution is -2.52. The molecule has 1 atom stereocenters. The molecule has 2 saturated heterocycles. The van der Waals surface area contributed by atoms with Gasteiger partial charge in [-0.3, -0.25) is 0 Å². The van der Waals surface area contributed by atoms with Crippen molar-refractivity contribution in [3.05, 3.63) is 0 Å². The van der Waals surface area contributed by atoms with Gasteiger partial charge in [0.15, 0.2) is 0 Å². The molecule has 2 heterocycles. The van der Waals surface area contributed by atoms with Crippen LogP contribution >= 0.6 is 0 Å². The molecule has 0 saturated carbocycles. The van der Waals surface area contributed by atoms with Crippen LogP contribution in [-0.4, -0.2) is 42.1 Å². The van der Waals surface area contributed by atoms with Crippen molar-refractivity contribution in [1.82, 2.24) is 15.5 Å². The molecule has 13 heavy (non-hydrogen) atoms. The molecule has 2 N–H and O–H groups in total.